The summed E-state index contributed by atoms with van der Waals surface area (Å²) in [5, 5.41) is 63.8. The summed E-state index contributed by atoms with van der Waals surface area (Å²) in [4.78, 5) is 172. The molecule has 2 aromatic carbocycles. The molecule has 0 radical (unpaired) electrons. The monoisotopic (exact) mass is 1320 g/mol. The van der Waals surface area contributed by atoms with Crippen molar-refractivity contribution in [3.63, 3.8) is 0 Å². The number of aliphatic imine (C=N–C) groups is 1. The Labute approximate surface area is 540 Å². The molecule has 510 valence electrons. The molecule has 0 saturated heterocycles. The van der Waals surface area contributed by atoms with Gasteiger partial charge in [0, 0.05) is 47.2 Å². The van der Waals surface area contributed by atoms with Crippen molar-refractivity contribution in [1.29, 1.82) is 0 Å². The second kappa shape index (κ2) is 36.6. The highest BCUT2D eigenvalue weighted by Crippen LogP contribution is 2.22. The lowest BCUT2D eigenvalue weighted by Crippen LogP contribution is -2.63. The van der Waals surface area contributed by atoms with Crippen LogP contribution < -0.4 is 70.8 Å². The lowest BCUT2D eigenvalue weighted by Gasteiger charge is -2.30. The average molecular weight is 1320 g/mol. The molecule has 0 unspecified atom stereocenters. The number of aromatic amines is 2. The van der Waals surface area contributed by atoms with Crippen LogP contribution in [0.4, 0.5) is 0 Å². The van der Waals surface area contributed by atoms with Crippen LogP contribution in [0, 0.1) is 11.8 Å². The molecule has 0 spiro atoms. The van der Waals surface area contributed by atoms with Gasteiger partial charge in [-0.3, -0.25) is 57.7 Å². The third-order valence-electron chi connectivity index (χ3n) is 14.7. The van der Waals surface area contributed by atoms with Gasteiger partial charge in [-0.15, -0.1) is 0 Å². The van der Waals surface area contributed by atoms with Gasteiger partial charge < -0.3 is 101 Å². The molecule has 4 rings (SSSR count). The Hall–Kier alpha value is -9.34. The van der Waals surface area contributed by atoms with Crippen LogP contribution in [0.2, 0.25) is 0 Å². The summed E-state index contributed by atoms with van der Waals surface area (Å²) in [6.07, 6.45) is -0.462. The lowest BCUT2D eigenvalue weighted by molar-refractivity contribution is -0.148. The Morgan fingerprint density at radius 2 is 0.946 bits per heavy atom. The fraction of sp³-hybridized carbons (Fsp3) is 0.517. The third kappa shape index (κ3) is 24.0. The third-order valence-corrected chi connectivity index (χ3v) is 15.4. The number of amides is 10. The summed E-state index contributed by atoms with van der Waals surface area (Å²) in [6, 6.07) is -1.29. The molecule has 12 atom stereocenters. The number of carbonyl (C=O) groups is 12. The number of rotatable bonds is 39. The number of nitrogens with two attached hydrogens (primary N) is 4. The molecule has 10 amide bonds. The Bertz CT molecular complexity index is 3310. The number of carbonyl (C=O) groups excluding carboxylic acids is 10. The summed E-state index contributed by atoms with van der Waals surface area (Å²) >= 11 is 1.41. The Kier molecular flexibility index (Phi) is 30.0. The summed E-state index contributed by atoms with van der Waals surface area (Å²) < 4.78 is 0. The number of benzene rings is 2. The highest BCUT2D eigenvalue weighted by Gasteiger charge is 2.39. The average Bonchev–Trinajstić information content (AvgIpc) is 1.74. The molecule has 33 heteroatoms. The van der Waals surface area contributed by atoms with E-state index in [0.717, 1.165) is 41.2 Å². The topological polar surface area (TPSA) is 542 Å². The smallest absolute Gasteiger partial charge is 0.326 e. The van der Waals surface area contributed by atoms with E-state index in [1.54, 1.807) is 58.3 Å². The van der Waals surface area contributed by atoms with Crippen molar-refractivity contribution >= 4 is 111 Å². The zero-order valence-corrected chi connectivity index (χ0v) is 53.6. The fourth-order valence-electron chi connectivity index (χ4n) is 9.84. The summed E-state index contributed by atoms with van der Waals surface area (Å²) in [5.41, 5.74) is 25.8. The number of aliphatic carboxylic acids is 2. The van der Waals surface area contributed by atoms with E-state index < -0.39 is 162 Å². The second-order valence-corrected chi connectivity index (χ2v) is 24.2. The maximum absolute atomic E-state index is 14.7. The van der Waals surface area contributed by atoms with Gasteiger partial charge in [0.15, 0.2) is 5.96 Å². The summed E-state index contributed by atoms with van der Waals surface area (Å²) in [6.45, 7) is 8.56. The molecule has 0 aliphatic heterocycles. The Morgan fingerprint density at radius 3 is 1.45 bits per heavy atom. The minimum atomic E-state index is -1.97. The maximum Gasteiger partial charge on any atom is 0.326 e. The first-order valence-corrected chi connectivity index (χ1v) is 31.4. The minimum Gasteiger partial charge on any atom is -0.481 e. The van der Waals surface area contributed by atoms with Gasteiger partial charge in [0.2, 0.25) is 59.1 Å². The SMILES string of the molecule is CSCC[C@H](NC(=O)[C@@H](N)Cc1c[nH]c2ccccc12)C(=O)N[C@@H](Cc1c[nH]c2ccccc12)C(=O)N[C@H](C(=O)N[C@H](C(=O)N[C@@H](CC(N)=O)C(=O)N[C@@H](CC(C)C)C(=O)N[C@@H](CCCN=C(N)N)C(=O)N[C@H](C(=O)N[C@@H](CC(=O)O)C(=O)O)[C@@H](C)O)[C@@H](C)O)C(C)C. The van der Waals surface area contributed by atoms with Crippen LogP contribution in [-0.4, -0.2) is 199 Å². The van der Waals surface area contributed by atoms with E-state index in [-0.39, 0.29) is 56.9 Å². The number of fused-ring (bicyclic) bond motifs is 2. The number of hydrogen-bond donors (Lipinski definition) is 19. The molecular weight excluding hydrogens is 1230 g/mol. The number of aliphatic hydroxyl groups is 2. The van der Waals surface area contributed by atoms with Gasteiger partial charge in [-0.25, -0.2) is 4.79 Å². The maximum atomic E-state index is 14.7. The predicted octanol–water partition coefficient (Wildman–Crippen LogP) is -3.17. The van der Waals surface area contributed by atoms with E-state index in [2.05, 4.69) is 57.5 Å². The molecule has 32 nitrogen and oxygen atoms in total. The number of nitrogens with zero attached hydrogens (tertiary/aromatic N) is 1. The molecule has 0 fully saturated rings. The number of aromatic nitrogens is 2. The van der Waals surface area contributed by atoms with Crippen LogP contribution in [0.25, 0.3) is 21.8 Å². The van der Waals surface area contributed by atoms with Gasteiger partial charge >= 0.3 is 11.9 Å². The zero-order valence-electron chi connectivity index (χ0n) is 52.8. The molecule has 0 aliphatic carbocycles. The molecule has 2 aromatic heterocycles. The lowest BCUT2D eigenvalue weighted by atomic mass is 9.99. The molecule has 4 aromatic rings. The number of aliphatic hydroxyl groups excluding tert-OH is 2. The standard InChI is InChI=1S/C60H88N16O16S/c1-28(2)21-41(53(85)69-39(17-12-19-65-60(63)64)52(84)75-48(30(5)77)58(90)73-44(59(91)92)25-46(80)81)70-54(86)43(24-45(62)79)72-57(89)49(31(6)78)76-56(88)47(29(3)4)74-55(87)42(23-33-27-67-38-16-11-9-14-35(33)38)71-51(83)40(18-20-93-7)68-50(82)36(61)22-32-26-66-37-15-10-8-13-34(32)37/h8-11,13-16,26-31,36,39-44,47-49,66-67,77-78H,12,17-25,61H2,1-7H3,(H2,62,79)(H,68,82)(H,69,85)(H,70,86)(H,71,83)(H,72,89)(H,73,90)(H,74,87)(H,75,84)(H,76,88)(H,80,81)(H,91,92)(H4,63,64,65)/t30-,31-,36+,39+,40+,41+,42+,43+,44+,47+,48+,49+/m1/s1. The molecule has 0 bridgehead atoms. The molecule has 0 saturated carbocycles. The van der Waals surface area contributed by atoms with Gasteiger partial charge in [0.05, 0.1) is 31.1 Å². The Morgan fingerprint density at radius 1 is 0.516 bits per heavy atom. The van der Waals surface area contributed by atoms with E-state index in [9.17, 15) is 72.9 Å². The first-order chi connectivity index (χ1) is 43.8. The predicted molar refractivity (Wildman–Crippen MR) is 344 cm³/mol. The van der Waals surface area contributed by atoms with Crippen molar-refractivity contribution in [2.24, 2.45) is 39.8 Å². The zero-order chi connectivity index (χ0) is 69.4. The van der Waals surface area contributed by atoms with Crippen LogP contribution in [-0.2, 0) is 70.4 Å². The molecule has 23 N–H and O–H groups in total. The Balaban J connectivity index is 1.57. The van der Waals surface area contributed by atoms with E-state index in [1.165, 1.54) is 11.8 Å². The van der Waals surface area contributed by atoms with Gasteiger partial charge in [-0.1, -0.05) is 64.1 Å². The van der Waals surface area contributed by atoms with Gasteiger partial charge in [0.1, 0.15) is 54.4 Å². The number of carboxylic acids is 2. The normalized spacial score (nSPS) is 15.2. The minimum absolute atomic E-state index is 0.00258. The van der Waals surface area contributed by atoms with Crippen LogP contribution in [0.15, 0.2) is 65.9 Å². The number of guanidine groups is 1. The quantitative estimate of drug-likeness (QED) is 0.0119. The molecule has 93 heavy (non-hydrogen) atoms. The fourth-order valence-corrected chi connectivity index (χ4v) is 10.3. The van der Waals surface area contributed by atoms with Gasteiger partial charge in [-0.05, 0) is 93.1 Å². The summed E-state index contributed by atoms with van der Waals surface area (Å²) in [5.74, 6) is -14.6. The molecular formula is C60H88N16O16S. The molecule has 2 heterocycles. The number of hydrogen-bond acceptors (Lipinski definition) is 17. The molecule has 0 aliphatic rings. The van der Waals surface area contributed by atoms with Crippen molar-refractivity contribution in [2.75, 3.05) is 18.6 Å². The number of thioether (sulfide) groups is 1. The van der Waals surface area contributed by atoms with Crippen molar-refractivity contribution in [1.82, 2.24) is 57.8 Å². The van der Waals surface area contributed by atoms with Crippen molar-refractivity contribution in [3.8, 4) is 0 Å². The van der Waals surface area contributed by atoms with E-state index in [1.807, 2.05) is 41.9 Å². The number of primary amides is 1. The number of para-hydroxylation sites is 2. The first-order valence-electron chi connectivity index (χ1n) is 30.0. The van der Waals surface area contributed by atoms with Crippen molar-refractivity contribution in [2.45, 2.75) is 166 Å². The van der Waals surface area contributed by atoms with Gasteiger partial charge in [-0.2, -0.15) is 11.8 Å². The highest BCUT2D eigenvalue weighted by atomic mass is 32.2. The van der Waals surface area contributed by atoms with E-state index >= 15 is 0 Å². The van der Waals surface area contributed by atoms with Crippen LogP contribution in [0.5, 0.6) is 0 Å². The summed E-state index contributed by atoms with van der Waals surface area (Å²) in [7, 11) is 0. The van der Waals surface area contributed by atoms with Gasteiger partial charge in [0.25, 0.3) is 0 Å². The van der Waals surface area contributed by atoms with E-state index in [0.29, 0.717) is 11.3 Å². The number of H-pyrrole nitrogens is 2. The van der Waals surface area contributed by atoms with Crippen molar-refractivity contribution < 1.29 is 78.0 Å². The van der Waals surface area contributed by atoms with Crippen molar-refractivity contribution in [3.05, 3.63) is 72.1 Å². The first kappa shape index (κ1) is 76.1. The van der Waals surface area contributed by atoms with Crippen LogP contribution in [0.1, 0.15) is 91.2 Å². The van der Waals surface area contributed by atoms with Crippen LogP contribution >= 0.6 is 11.8 Å². The number of carboxylic acid groups (broad SMARTS) is 2. The van der Waals surface area contributed by atoms with Crippen LogP contribution in [0.3, 0.4) is 0 Å². The van der Waals surface area contributed by atoms with E-state index in [4.69, 9.17) is 28.0 Å². The second-order valence-electron chi connectivity index (χ2n) is 23.3. The highest BCUT2D eigenvalue weighted by molar-refractivity contribution is 7.98. The largest absolute Gasteiger partial charge is 0.481 e. The number of nitrogens with one attached hydrogen (secondary N) is 11.